The molecule has 1 aromatic rings. The molecule has 23 heavy (non-hydrogen) atoms. The predicted octanol–water partition coefficient (Wildman–Crippen LogP) is 1.78. The average Bonchev–Trinajstić information content (AvgIpc) is 2.43. The van der Waals surface area contributed by atoms with Crippen LogP contribution in [0.2, 0.25) is 0 Å². The fraction of sp³-hybridized carbons (Fsp3) is 0.125. The van der Waals surface area contributed by atoms with E-state index in [0.29, 0.717) is 11.1 Å². The third-order valence-electron chi connectivity index (χ3n) is 2.75. The summed E-state index contributed by atoms with van der Waals surface area (Å²) in [6, 6.07) is 4.47. The first-order valence-electron chi connectivity index (χ1n) is 6.49. The molecule has 0 spiro atoms. The molecule has 0 unspecified atom stereocenters. The predicted molar refractivity (Wildman–Crippen MR) is 83.6 cm³/mol. The minimum atomic E-state index is -1.18. The van der Waals surface area contributed by atoms with Gasteiger partial charge in [-0.15, -0.1) is 0 Å². The Morgan fingerprint density at radius 3 is 1.91 bits per heavy atom. The summed E-state index contributed by atoms with van der Waals surface area (Å²) in [6.45, 7) is 2.40. The van der Waals surface area contributed by atoms with Gasteiger partial charge in [-0.25, -0.2) is 9.59 Å². The van der Waals surface area contributed by atoms with Crippen LogP contribution in [-0.4, -0.2) is 34.0 Å². The number of hydrogen-bond donors (Lipinski definition) is 2. The second-order valence-electron chi connectivity index (χ2n) is 4.53. The lowest BCUT2D eigenvalue weighted by Crippen LogP contribution is -2.33. The van der Waals surface area contributed by atoms with Crippen molar-refractivity contribution in [2.45, 2.75) is 13.8 Å². The van der Waals surface area contributed by atoms with Gasteiger partial charge in [0.05, 0.1) is 5.69 Å². The number of imide groups is 1. The zero-order chi connectivity index (χ0) is 17.6. The van der Waals surface area contributed by atoms with Crippen molar-refractivity contribution in [2.75, 3.05) is 4.90 Å². The van der Waals surface area contributed by atoms with Gasteiger partial charge >= 0.3 is 11.9 Å². The van der Waals surface area contributed by atoms with Crippen LogP contribution in [0.5, 0.6) is 0 Å². The molecule has 0 heterocycles. The molecule has 0 aliphatic heterocycles. The minimum absolute atomic E-state index is 0.176. The quantitative estimate of drug-likeness (QED) is 0.801. The third-order valence-corrected chi connectivity index (χ3v) is 2.75. The molecule has 0 atom stereocenters. The van der Waals surface area contributed by atoms with Gasteiger partial charge in [0.1, 0.15) is 0 Å². The second-order valence-corrected chi connectivity index (χ2v) is 4.53. The lowest BCUT2D eigenvalue weighted by Gasteiger charge is -2.20. The summed E-state index contributed by atoms with van der Waals surface area (Å²) in [7, 11) is 0. The second kappa shape index (κ2) is 7.69. The van der Waals surface area contributed by atoms with E-state index in [1.165, 1.54) is 38.1 Å². The van der Waals surface area contributed by atoms with E-state index in [1.54, 1.807) is 6.07 Å². The number of carbonyl (C=O) groups is 4. The molecule has 120 valence electrons. The molecule has 1 rings (SSSR count). The van der Waals surface area contributed by atoms with Gasteiger partial charge in [0.25, 0.3) is 0 Å². The first kappa shape index (κ1) is 17.8. The topological polar surface area (TPSA) is 112 Å². The fourth-order valence-corrected chi connectivity index (χ4v) is 1.89. The molecule has 0 bridgehead atoms. The van der Waals surface area contributed by atoms with Crippen molar-refractivity contribution in [3.8, 4) is 0 Å². The number of hydrogen-bond acceptors (Lipinski definition) is 4. The number of aliphatic carboxylic acids is 2. The van der Waals surface area contributed by atoms with Crippen LogP contribution < -0.4 is 4.90 Å². The molecular formula is C16H15NO6. The molecule has 0 aliphatic rings. The summed E-state index contributed by atoms with van der Waals surface area (Å²) < 4.78 is 0. The van der Waals surface area contributed by atoms with Crippen molar-refractivity contribution >= 4 is 41.6 Å². The molecule has 0 aromatic heterocycles. The highest BCUT2D eigenvalue weighted by Gasteiger charge is 2.19. The maximum Gasteiger partial charge on any atom is 0.328 e. The van der Waals surface area contributed by atoms with Gasteiger partial charge in [-0.1, -0.05) is 12.1 Å². The zero-order valence-electron chi connectivity index (χ0n) is 12.5. The Bertz CT molecular complexity index is 703. The monoisotopic (exact) mass is 317 g/mol. The maximum atomic E-state index is 11.7. The van der Waals surface area contributed by atoms with E-state index >= 15 is 0 Å². The normalized spacial score (nSPS) is 10.9. The first-order valence-corrected chi connectivity index (χ1v) is 6.49. The van der Waals surface area contributed by atoms with E-state index in [2.05, 4.69) is 0 Å². The minimum Gasteiger partial charge on any atom is -0.478 e. The maximum absolute atomic E-state index is 11.7. The Hall–Kier alpha value is -3.22. The van der Waals surface area contributed by atoms with Crippen molar-refractivity contribution in [3.63, 3.8) is 0 Å². The molecule has 2 amide bonds. The number of carboxylic acid groups (broad SMARTS) is 2. The summed E-state index contributed by atoms with van der Waals surface area (Å²) in [5.74, 6) is -3.40. The number of carbonyl (C=O) groups excluding carboxylic acids is 2. The van der Waals surface area contributed by atoms with Gasteiger partial charge in [-0.3, -0.25) is 14.5 Å². The number of rotatable bonds is 5. The Morgan fingerprint density at radius 2 is 1.43 bits per heavy atom. The van der Waals surface area contributed by atoms with Crippen LogP contribution in [0.4, 0.5) is 5.69 Å². The van der Waals surface area contributed by atoms with E-state index in [9.17, 15) is 19.2 Å². The SMILES string of the molecule is CC(=O)N(C(C)=O)c1cc(C=CC(=O)O)ccc1C=CC(=O)O. The molecule has 0 aliphatic carbocycles. The highest BCUT2D eigenvalue weighted by atomic mass is 16.4. The van der Waals surface area contributed by atoms with Gasteiger partial charge in [0.15, 0.2) is 0 Å². The van der Waals surface area contributed by atoms with Crippen LogP contribution in [0.3, 0.4) is 0 Å². The summed E-state index contributed by atoms with van der Waals surface area (Å²) in [5, 5.41) is 17.4. The van der Waals surface area contributed by atoms with Crippen molar-refractivity contribution in [3.05, 3.63) is 41.5 Å². The van der Waals surface area contributed by atoms with Crippen LogP contribution in [0.15, 0.2) is 30.4 Å². The highest BCUT2D eigenvalue weighted by molar-refractivity contribution is 6.14. The van der Waals surface area contributed by atoms with E-state index in [0.717, 1.165) is 17.1 Å². The van der Waals surface area contributed by atoms with Crippen LogP contribution in [0.25, 0.3) is 12.2 Å². The van der Waals surface area contributed by atoms with E-state index in [1.807, 2.05) is 0 Å². The Kier molecular flexibility index (Phi) is 5.96. The van der Waals surface area contributed by atoms with Gasteiger partial charge in [0, 0.05) is 26.0 Å². The summed E-state index contributed by atoms with van der Waals surface area (Å²) >= 11 is 0. The fourth-order valence-electron chi connectivity index (χ4n) is 1.89. The highest BCUT2D eigenvalue weighted by Crippen LogP contribution is 2.25. The third kappa shape index (κ3) is 5.24. The standard InChI is InChI=1S/C16H15NO6/c1-10(18)17(11(2)19)14-9-12(4-7-15(20)21)3-5-13(14)6-8-16(22)23/h3-9H,1-2H3,(H,20,21)(H,22,23). The van der Waals surface area contributed by atoms with Gasteiger partial charge in [-0.05, 0) is 29.3 Å². The van der Waals surface area contributed by atoms with Crippen LogP contribution in [-0.2, 0) is 19.2 Å². The summed E-state index contributed by atoms with van der Waals surface area (Å²) in [6.07, 6.45) is 4.35. The number of benzene rings is 1. The Balaban J connectivity index is 3.47. The van der Waals surface area contributed by atoms with Crippen molar-refractivity contribution in [1.29, 1.82) is 0 Å². The smallest absolute Gasteiger partial charge is 0.328 e. The zero-order valence-corrected chi connectivity index (χ0v) is 12.5. The lowest BCUT2D eigenvalue weighted by molar-refractivity contribution is -0.132. The average molecular weight is 317 g/mol. The largest absolute Gasteiger partial charge is 0.478 e. The molecule has 0 fully saturated rings. The molecule has 2 N–H and O–H groups in total. The molecular weight excluding hydrogens is 302 g/mol. The van der Waals surface area contributed by atoms with Crippen LogP contribution >= 0.6 is 0 Å². The molecule has 1 aromatic carbocycles. The number of carboxylic acids is 2. The molecule has 7 nitrogen and oxygen atoms in total. The number of anilines is 1. The van der Waals surface area contributed by atoms with Crippen molar-refractivity contribution in [1.82, 2.24) is 0 Å². The first-order chi connectivity index (χ1) is 10.7. The van der Waals surface area contributed by atoms with E-state index in [-0.39, 0.29) is 5.69 Å². The van der Waals surface area contributed by atoms with Gasteiger partial charge in [0.2, 0.25) is 11.8 Å². The molecule has 0 saturated carbocycles. The van der Waals surface area contributed by atoms with Gasteiger partial charge in [-0.2, -0.15) is 0 Å². The number of amides is 2. The number of nitrogens with zero attached hydrogens (tertiary/aromatic N) is 1. The molecule has 7 heteroatoms. The van der Waals surface area contributed by atoms with Crippen molar-refractivity contribution in [2.24, 2.45) is 0 Å². The lowest BCUT2D eigenvalue weighted by atomic mass is 10.1. The Labute approximate surface area is 132 Å². The molecule has 0 saturated heterocycles. The summed E-state index contributed by atoms with van der Waals surface area (Å²) in [4.78, 5) is 45.5. The Morgan fingerprint density at radius 1 is 0.913 bits per heavy atom. The molecule has 0 radical (unpaired) electrons. The van der Waals surface area contributed by atoms with E-state index in [4.69, 9.17) is 10.2 Å². The van der Waals surface area contributed by atoms with Gasteiger partial charge < -0.3 is 10.2 Å². The van der Waals surface area contributed by atoms with Crippen LogP contribution in [0.1, 0.15) is 25.0 Å². The van der Waals surface area contributed by atoms with E-state index < -0.39 is 23.8 Å². The van der Waals surface area contributed by atoms with Crippen LogP contribution in [0, 0.1) is 0 Å². The van der Waals surface area contributed by atoms with Crippen molar-refractivity contribution < 1.29 is 29.4 Å². The summed E-state index contributed by atoms with van der Waals surface area (Å²) in [5.41, 5.74) is 0.961.